The van der Waals surface area contributed by atoms with E-state index in [4.69, 9.17) is 34.2 Å². The number of aromatic nitrogens is 3. The number of ether oxygens (including phenoxy) is 6. The van der Waals surface area contributed by atoms with Gasteiger partial charge in [-0.2, -0.15) is 0 Å². The molecule has 2 bridgehead atoms. The quantitative estimate of drug-likeness (QED) is 0.0508. The number of nitrogen functional groups attached to an aromatic ring is 1. The van der Waals surface area contributed by atoms with Crippen LogP contribution in [0.15, 0.2) is 71.6 Å². The zero-order chi connectivity index (χ0) is 53.1. The third-order valence-corrected chi connectivity index (χ3v) is 15.0. The zero-order valence-electron chi connectivity index (χ0n) is 42.5. The molecule has 6 aliphatic rings. The van der Waals surface area contributed by atoms with Gasteiger partial charge in [-0.1, -0.05) is 43.2 Å². The Balaban J connectivity index is 1.33. The fraction of sp³-hybridized carbons (Fsp3) is 0.519. The minimum Gasteiger partial charge on any atom is -0.482 e. The van der Waals surface area contributed by atoms with Crippen molar-refractivity contribution in [2.75, 3.05) is 19.5 Å². The van der Waals surface area contributed by atoms with Crippen LogP contribution in [0.3, 0.4) is 0 Å². The lowest BCUT2D eigenvalue weighted by Crippen LogP contribution is -2.81. The number of carbonyl (C=O) groups excluding carboxylic acids is 4. The normalized spacial score (nSPS) is 31.1. The predicted octanol–water partition coefficient (Wildman–Crippen LogP) is 4.96. The lowest BCUT2D eigenvalue weighted by Gasteiger charge is -2.66. The summed E-state index contributed by atoms with van der Waals surface area (Å²) in [6.07, 6.45) is 3.83. The van der Waals surface area contributed by atoms with Crippen LogP contribution in [0.25, 0.3) is 6.08 Å². The molecule has 3 saturated carbocycles. The van der Waals surface area contributed by atoms with E-state index in [9.17, 15) is 35.1 Å². The van der Waals surface area contributed by atoms with Crippen LogP contribution < -0.4 is 24.7 Å². The monoisotopic (exact) mass is 1010 g/mol. The number of aliphatic hydroxyl groups is 5. The van der Waals surface area contributed by atoms with E-state index in [-0.39, 0.29) is 70.0 Å². The van der Waals surface area contributed by atoms with Crippen molar-refractivity contribution in [2.24, 2.45) is 23.7 Å². The Kier molecular flexibility index (Phi) is 14.7. The minimum absolute atomic E-state index is 0.00881. The molecule has 0 radical (unpaired) electrons. The highest BCUT2D eigenvalue weighted by atomic mass is 16.7. The highest BCUT2D eigenvalue weighted by Crippen LogP contribution is 2.67. The summed E-state index contributed by atoms with van der Waals surface area (Å²) in [7, 11) is 1.22. The summed E-state index contributed by atoms with van der Waals surface area (Å²) in [5, 5.41) is 58.7. The molecule has 12 atom stereocenters. The second kappa shape index (κ2) is 20.2. The molecule has 4 heterocycles. The maximum absolute atomic E-state index is 16.4. The summed E-state index contributed by atoms with van der Waals surface area (Å²) in [5.74, 6) is -6.24. The minimum atomic E-state index is -2.43. The van der Waals surface area contributed by atoms with Crippen molar-refractivity contribution in [3.63, 3.8) is 0 Å². The van der Waals surface area contributed by atoms with Gasteiger partial charge in [-0.25, -0.2) is 19.3 Å². The van der Waals surface area contributed by atoms with Crippen molar-refractivity contribution < 1.29 is 73.1 Å². The number of hydrogen-bond acceptors (Lipinski definition) is 18. The molecule has 3 aliphatic heterocycles. The Labute approximate surface area is 423 Å². The fourth-order valence-electron chi connectivity index (χ4n) is 11.3. The number of Topliss-reactive ketones (excluding diaryl/α,β-unsaturated/α-hetero) is 2. The molecule has 3 aromatic rings. The smallest absolute Gasteiger partial charge is 0.343 e. The van der Waals surface area contributed by atoms with Crippen LogP contribution in [0.1, 0.15) is 119 Å². The molecule has 392 valence electrons. The second-order valence-corrected chi connectivity index (χ2v) is 20.8. The Morgan fingerprint density at radius 3 is 2.29 bits per heavy atom. The molecule has 7 N–H and O–H groups in total. The first kappa shape index (κ1) is 53.1. The number of anilines is 1. The van der Waals surface area contributed by atoms with Crippen molar-refractivity contribution in [3.05, 3.63) is 93.9 Å². The van der Waals surface area contributed by atoms with Gasteiger partial charge in [0.25, 0.3) is 0 Å². The average Bonchev–Trinajstić information content (AvgIpc) is 3.79. The van der Waals surface area contributed by atoms with Crippen molar-refractivity contribution in [2.45, 2.75) is 141 Å². The number of benzene rings is 2. The van der Waals surface area contributed by atoms with Crippen LogP contribution >= 0.6 is 0 Å². The Morgan fingerprint density at radius 1 is 0.973 bits per heavy atom. The van der Waals surface area contributed by atoms with Crippen molar-refractivity contribution in [1.29, 1.82) is 0 Å². The number of ketones is 2. The van der Waals surface area contributed by atoms with E-state index < -0.39 is 108 Å². The molecule has 1 saturated heterocycles. The second-order valence-electron chi connectivity index (χ2n) is 20.8. The topological polar surface area (TPSA) is 282 Å². The summed E-state index contributed by atoms with van der Waals surface area (Å²) >= 11 is 0. The van der Waals surface area contributed by atoms with Gasteiger partial charge in [0.05, 0.1) is 36.8 Å². The fourth-order valence-corrected chi connectivity index (χ4v) is 11.3. The van der Waals surface area contributed by atoms with Crippen LogP contribution in [0.4, 0.5) is 5.95 Å². The molecular formula is C54H66N4O15. The summed E-state index contributed by atoms with van der Waals surface area (Å²) < 4.78 is 38.6. The van der Waals surface area contributed by atoms with Crippen LogP contribution in [0.2, 0.25) is 0 Å². The highest BCUT2D eigenvalue weighted by molar-refractivity contribution is 6.11. The maximum Gasteiger partial charge on any atom is 0.343 e. The van der Waals surface area contributed by atoms with E-state index in [1.54, 1.807) is 6.08 Å². The first-order chi connectivity index (χ1) is 34.5. The third kappa shape index (κ3) is 9.28. The molecular weight excluding hydrogens is 945 g/mol. The molecule has 19 heteroatoms. The Morgan fingerprint density at radius 2 is 1.67 bits per heavy atom. The van der Waals surface area contributed by atoms with Crippen LogP contribution in [-0.4, -0.2) is 125 Å². The van der Waals surface area contributed by atoms with Crippen molar-refractivity contribution in [1.82, 2.24) is 14.8 Å². The molecule has 73 heavy (non-hydrogen) atoms. The van der Waals surface area contributed by atoms with Gasteiger partial charge in [0, 0.05) is 29.4 Å². The van der Waals surface area contributed by atoms with E-state index in [0.717, 1.165) is 11.1 Å². The van der Waals surface area contributed by atoms with Gasteiger partial charge in [0.2, 0.25) is 12.2 Å². The van der Waals surface area contributed by atoms with Gasteiger partial charge in [-0.15, -0.1) is 5.10 Å². The number of esters is 2. The number of carbonyl (C=O) groups is 4. The lowest BCUT2D eigenvalue weighted by atomic mass is 9.43. The number of fused-ring (bicyclic) bond motifs is 4. The van der Waals surface area contributed by atoms with E-state index >= 15 is 9.59 Å². The summed E-state index contributed by atoms with van der Waals surface area (Å²) in [5.41, 5.74) is 3.41. The van der Waals surface area contributed by atoms with E-state index in [0.29, 0.717) is 18.4 Å². The largest absolute Gasteiger partial charge is 0.482 e. The zero-order valence-corrected chi connectivity index (χ0v) is 42.5. The molecule has 9 rings (SSSR count). The SMILES string of the molecule is COC(=O)C(C)=CCC1(O)C(=O)C2CC(C(C)C)C13Oc1c(CC=C(C)C)c4c(c(OC(=O)c5ccc(O[C@@H]6O[C@H](CO)[C@@H](O)[C@H](O)[C@H]6O)cc5)c1C(=O)C3C2n1cnc(N)n1)C=CC(C)(CCC=C(C)C)O4. The van der Waals surface area contributed by atoms with E-state index in [1.807, 2.05) is 60.6 Å². The van der Waals surface area contributed by atoms with Gasteiger partial charge in [0.15, 0.2) is 28.5 Å². The first-order valence-electron chi connectivity index (χ1n) is 24.6. The van der Waals surface area contributed by atoms with E-state index in [1.165, 1.54) is 55.4 Å². The van der Waals surface area contributed by atoms with Gasteiger partial charge >= 0.3 is 11.9 Å². The summed E-state index contributed by atoms with van der Waals surface area (Å²) in [6.45, 7) is 14.5. The molecule has 2 aromatic carbocycles. The summed E-state index contributed by atoms with van der Waals surface area (Å²) in [6, 6.07) is 4.42. The number of allylic oxidation sites excluding steroid dienone is 4. The Hall–Kier alpha value is -6.22. The molecule has 19 nitrogen and oxygen atoms in total. The van der Waals surface area contributed by atoms with Gasteiger partial charge < -0.3 is 59.7 Å². The van der Waals surface area contributed by atoms with E-state index in [2.05, 4.69) is 16.2 Å². The van der Waals surface area contributed by atoms with Crippen molar-refractivity contribution in [3.8, 4) is 23.0 Å². The van der Waals surface area contributed by atoms with Gasteiger partial charge in [0.1, 0.15) is 59.2 Å². The molecule has 3 aliphatic carbocycles. The average molecular weight is 1010 g/mol. The standard InChI is InChI=1S/C54H66N4O15/c1-26(2)11-10-20-52(8)21-19-33-44(72-52)32(17-12-27(3)4)46-37(45(33)71-49(66)30-13-15-31(16-14-30)69-50-43(63)42(62)40(60)36(24-59)70-50)41(61)38-39(58-25-56-51(55)57-58)34-23-35(28(5)6)54(38,73-46)53(67,47(34)64)22-18-29(7)48(65)68-9/h11-16,18-19,21,25,28,34-36,38-40,42-43,50,59-60,62-63,67H,10,17,20,22-24H2,1-9H3,(H2,55,57)/t34?,35?,36-,38?,39?,40-,42+,43-,50-,52?,53?,54?/m1/s1. The van der Waals surface area contributed by atoms with Gasteiger partial charge in [-0.3, -0.25) is 9.59 Å². The van der Waals surface area contributed by atoms with Crippen molar-refractivity contribution >= 4 is 35.5 Å². The maximum atomic E-state index is 16.4. The number of rotatable bonds is 15. The predicted molar refractivity (Wildman–Crippen MR) is 264 cm³/mol. The van der Waals surface area contributed by atoms with Crippen LogP contribution in [-0.2, 0) is 25.5 Å². The number of nitrogens with zero attached hydrogens (tertiary/aromatic N) is 3. The number of methoxy groups -OCH3 is 1. The molecule has 1 aromatic heterocycles. The Bertz CT molecular complexity index is 2790. The lowest BCUT2D eigenvalue weighted by molar-refractivity contribution is -0.277. The number of nitrogens with two attached hydrogens (primary N) is 1. The van der Waals surface area contributed by atoms with Gasteiger partial charge in [-0.05, 0) is 110 Å². The molecule has 7 unspecified atom stereocenters. The van der Waals surface area contributed by atoms with Crippen LogP contribution in [0.5, 0.6) is 23.0 Å². The molecule has 0 amide bonds. The number of hydrogen-bond donors (Lipinski definition) is 6. The summed E-state index contributed by atoms with van der Waals surface area (Å²) in [4.78, 5) is 63.3. The third-order valence-electron chi connectivity index (χ3n) is 15.0. The first-order valence-corrected chi connectivity index (χ1v) is 24.6. The number of aliphatic hydroxyl groups excluding tert-OH is 4. The molecule has 4 fully saturated rings. The highest BCUT2D eigenvalue weighted by Gasteiger charge is 2.79. The molecule has 1 spiro atoms. The van der Waals surface area contributed by atoms with Crippen LogP contribution in [0, 0.1) is 23.7 Å².